The van der Waals surface area contributed by atoms with E-state index in [4.69, 9.17) is 16.7 Å². The molecule has 6 nitrogen and oxygen atoms in total. The number of hydrogen-bond acceptors (Lipinski definition) is 4. The number of carbonyl (C=O) groups is 2. The summed E-state index contributed by atoms with van der Waals surface area (Å²) in [6.45, 7) is 2.01. The third-order valence-corrected chi connectivity index (χ3v) is 7.94. The Hall–Kier alpha value is -3.97. The summed E-state index contributed by atoms with van der Waals surface area (Å²) in [7, 11) is 0. The molecule has 2 N–H and O–H groups in total. The summed E-state index contributed by atoms with van der Waals surface area (Å²) in [5.41, 5.74) is 2.43. The fraction of sp³-hybridized carbons (Fsp3) is 0.188. The summed E-state index contributed by atoms with van der Waals surface area (Å²) in [5, 5.41) is 23.3. The first-order valence-corrected chi connectivity index (χ1v) is 13.3. The van der Waals surface area contributed by atoms with Gasteiger partial charge in [0.1, 0.15) is 0 Å². The van der Waals surface area contributed by atoms with E-state index in [0.717, 1.165) is 27.7 Å². The van der Waals surface area contributed by atoms with Gasteiger partial charge < -0.3 is 15.1 Å². The minimum Gasteiger partial charge on any atom is -0.396 e. The highest BCUT2D eigenvalue weighted by Crippen LogP contribution is 2.47. The molecule has 0 saturated carbocycles. The van der Waals surface area contributed by atoms with Crippen molar-refractivity contribution in [1.82, 2.24) is 0 Å². The van der Waals surface area contributed by atoms with E-state index in [1.807, 2.05) is 60.7 Å². The third kappa shape index (κ3) is 3.95. The quantitative estimate of drug-likeness (QED) is 0.279. The van der Waals surface area contributed by atoms with E-state index in [-0.39, 0.29) is 19.1 Å². The zero-order valence-corrected chi connectivity index (χ0v) is 22.1. The third-order valence-electron chi connectivity index (χ3n) is 7.70. The van der Waals surface area contributed by atoms with E-state index in [0.29, 0.717) is 28.3 Å². The fourth-order valence-electron chi connectivity index (χ4n) is 5.70. The maximum atomic E-state index is 13.7. The largest absolute Gasteiger partial charge is 0.396 e. The molecule has 4 aromatic carbocycles. The van der Waals surface area contributed by atoms with Gasteiger partial charge in [-0.1, -0.05) is 67.1 Å². The van der Waals surface area contributed by atoms with Gasteiger partial charge >= 0.3 is 0 Å². The van der Waals surface area contributed by atoms with Gasteiger partial charge in [0, 0.05) is 34.2 Å². The summed E-state index contributed by atoms with van der Waals surface area (Å²) in [5.74, 6) is -1.03. The molecule has 0 aliphatic carbocycles. The van der Waals surface area contributed by atoms with Crippen LogP contribution in [0.1, 0.15) is 34.8 Å². The molecular weight excluding hydrogens is 512 g/mol. The predicted molar refractivity (Wildman–Crippen MR) is 153 cm³/mol. The Morgan fingerprint density at radius 1 is 0.974 bits per heavy atom. The highest BCUT2D eigenvalue weighted by atomic mass is 35.5. The first-order chi connectivity index (χ1) is 18.8. The van der Waals surface area contributed by atoms with Gasteiger partial charge in [0.25, 0.3) is 11.8 Å². The molecule has 2 aliphatic heterocycles. The first kappa shape index (κ1) is 25.3. The molecule has 2 amide bonds. The number of fused-ring (bicyclic) bond motifs is 1. The number of nitrogens with zero attached hydrogens (tertiary/aromatic N) is 2. The number of hydrogen-bond donors (Lipinski definition) is 2. The molecule has 0 spiro atoms. The second-order valence-corrected chi connectivity index (χ2v) is 10.5. The van der Waals surface area contributed by atoms with Gasteiger partial charge in [0.15, 0.2) is 5.60 Å². The smallest absolute Gasteiger partial charge is 0.264 e. The monoisotopic (exact) mass is 538 g/mol. The zero-order valence-electron chi connectivity index (χ0n) is 21.3. The maximum absolute atomic E-state index is 13.7. The Kier molecular flexibility index (Phi) is 6.26. The van der Waals surface area contributed by atoms with Crippen LogP contribution in [0.4, 0.5) is 17.1 Å². The van der Waals surface area contributed by atoms with Crippen LogP contribution >= 0.6 is 11.6 Å². The molecule has 0 saturated heterocycles. The summed E-state index contributed by atoms with van der Waals surface area (Å²) in [4.78, 5) is 30.3. The Morgan fingerprint density at radius 3 is 2.46 bits per heavy atom. The highest BCUT2D eigenvalue weighted by Gasteiger charge is 2.52. The number of benzene rings is 4. The van der Waals surface area contributed by atoms with E-state index < -0.39 is 17.4 Å². The fourth-order valence-corrected chi connectivity index (χ4v) is 5.87. The molecular formula is C32H27ClN2O4. The van der Waals surface area contributed by atoms with Crippen LogP contribution in [-0.2, 0) is 16.9 Å². The topological polar surface area (TPSA) is 81.1 Å². The van der Waals surface area contributed by atoms with Crippen molar-refractivity contribution in [2.75, 3.05) is 16.4 Å². The number of rotatable bonds is 7. The summed E-state index contributed by atoms with van der Waals surface area (Å²) in [6.07, 6.45) is 3.95. The standard InChI is InChI=1S/C32H27ClN2O4/c1-20(6-2-3-17-36)32(39)26-18-23(33)13-16-27(26)34(31(32)38)19-21-11-14-24(15-12-21)35-28-10-5-8-22-7-4-9-25(29(22)28)30(35)37/h2,4-16,18,20,36,39H,3,17,19H2,1H3/b6-2+/t20-,32+/m0/s1. The molecule has 0 bridgehead atoms. The Morgan fingerprint density at radius 2 is 1.72 bits per heavy atom. The van der Waals surface area contributed by atoms with E-state index in [2.05, 4.69) is 0 Å². The minimum absolute atomic E-state index is 0.00953. The Labute approximate surface area is 231 Å². The van der Waals surface area contributed by atoms with Gasteiger partial charge in [0.05, 0.1) is 23.5 Å². The van der Waals surface area contributed by atoms with Crippen LogP contribution in [0.2, 0.25) is 5.02 Å². The number of amides is 2. The molecule has 7 heteroatoms. The van der Waals surface area contributed by atoms with Crippen molar-refractivity contribution in [1.29, 1.82) is 0 Å². The van der Waals surface area contributed by atoms with Crippen LogP contribution in [0, 0.1) is 5.92 Å². The molecule has 6 rings (SSSR count). The van der Waals surface area contributed by atoms with Gasteiger partial charge in [-0.25, -0.2) is 0 Å². The van der Waals surface area contributed by atoms with Crippen LogP contribution < -0.4 is 9.80 Å². The van der Waals surface area contributed by atoms with E-state index in [9.17, 15) is 14.7 Å². The number of aliphatic hydroxyl groups excluding tert-OH is 1. The average Bonchev–Trinajstić information content (AvgIpc) is 3.35. The predicted octanol–water partition coefficient (Wildman–Crippen LogP) is 6.09. The van der Waals surface area contributed by atoms with E-state index in [1.54, 1.807) is 47.1 Å². The van der Waals surface area contributed by atoms with Crippen molar-refractivity contribution in [3.05, 3.63) is 113 Å². The summed E-state index contributed by atoms with van der Waals surface area (Å²) >= 11 is 6.27. The lowest BCUT2D eigenvalue weighted by atomic mass is 9.83. The second kappa shape index (κ2) is 9.65. The Balaban J connectivity index is 1.30. The van der Waals surface area contributed by atoms with Crippen molar-refractivity contribution < 1.29 is 19.8 Å². The maximum Gasteiger partial charge on any atom is 0.264 e. The zero-order chi connectivity index (χ0) is 27.3. The lowest BCUT2D eigenvalue weighted by Crippen LogP contribution is -2.44. The van der Waals surface area contributed by atoms with Crippen LogP contribution in [0.5, 0.6) is 0 Å². The van der Waals surface area contributed by atoms with Crippen LogP contribution in [0.3, 0.4) is 0 Å². The number of aliphatic hydroxyl groups is 2. The number of anilines is 3. The van der Waals surface area contributed by atoms with Crippen molar-refractivity contribution >= 4 is 51.2 Å². The Bertz CT molecular complexity index is 1640. The van der Waals surface area contributed by atoms with Gasteiger partial charge in [0.2, 0.25) is 0 Å². The molecule has 196 valence electrons. The SMILES string of the molecule is C[C@@H](/C=C/CCO)[C@]1(O)C(=O)N(Cc2ccc(N3C(=O)c4cccc5cccc3c45)cc2)c2ccc(Cl)cc21. The molecule has 0 radical (unpaired) electrons. The second-order valence-electron chi connectivity index (χ2n) is 10.0. The van der Waals surface area contributed by atoms with Crippen molar-refractivity contribution in [3.8, 4) is 0 Å². The molecule has 2 atom stereocenters. The van der Waals surface area contributed by atoms with Crippen LogP contribution in [0.15, 0.2) is 91.0 Å². The van der Waals surface area contributed by atoms with Crippen LogP contribution in [0.25, 0.3) is 10.8 Å². The molecule has 0 aromatic heterocycles. The van der Waals surface area contributed by atoms with Gasteiger partial charge in [-0.15, -0.1) is 0 Å². The van der Waals surface area contributed by atoms with Gasteiger partial charge in [-0.2, -0.15) is 0 Å². The number of halogens is 1. The minimum atomic E-state index is -1.78. The van der Waals surface area contributed by atoms with E-state index in [1.165, 1.54) is 0 Å². The lowest BCUT2D eigenvalue weighted by Gasteiger charge is -2.28. The number of carbonyl (C=O) groups excluding carboxylic acids is 2. The molecule has 39 heavy (non-hydrogen) atoms. The first-order valence-electron chi connectivity index (χ1n) is 12.9. The summed E-state index contributed by atoms with van der Waals surface area (Å²) < 4.78 is 0. The van der Waals surface area contributed by atoms with Crippen molar-refractivity contribution in [2.24, 2.45) is 5.92 Å². The molecule has 0 fully saturated rings. The normalized spacial score (nSPS) is 19.0. The van der Waals surface area contributed by atoms with Crippen molar-refractivity contribution in [3.63, 3.8) is 0 Å². The molecule has 2 aliphatic rings. The van der Waals surface area contributed by atoms with Gasteiger partial charge in [-0.05, 0) is 59.8 Å². The van der Waals surface area contributed by atoms with Crippen LogP contribution in [-0.4, -0.2) is 28.6 Å². The lowest BCUT2D eigenvalue weighted by molar-refractivity contribution is -0.139. The molecule has 2 heterocycles. The van der Waals surface area contributed by atoms with Gasteiger partial charge in [-0.3, -0.25) is 14.5 Å². The molecule has 4 aromatic rings. The summed E-state index contributed by atoms with van der Waals surface area (Å²) in [6, 6.07) is 24.3. The highest BCUT2D eigenvalue weighted by molar-refractivity contribution is 6.31. The molecule has 0 unspecified atom stereocenters. The van der Waals surface area contributed by atoms with Crippen molar-refractivity contribution in [2.45, 2.75) is 25.5 Å². The average molecular weight is 539 g/mol. The van der Waals surface area contributed by atoms with E-state index >= 15 is 0 Å².